The Kier molecular flexibility index (Phi) is 3.71. The predicted octanol–water partition coefficient (Wildman–Crippen LogP) is 1.95. The van der Waals surface area contributed by atoms with Gasteiger partial charge < -0.3 is 15.0 Å². The van der Waals surface area contributed by atoms with Crippen molar-refractivity contribution in [2.75, 3.05) is 26.5 Å². The molecule has 0 bridgehead atoms. The van der Waals surface area contributed by atoms with Gasteiger partial charge in [-0.05, 0) is 36.5 Å². The van der Waals surface area contributed by atoms with Crippen LogP contribution in [0.15, 0.2) is 24.3 Å². The topological polar surface area (TPSA) is 24.5 Å². The first-order valence-electron chi connectivity index (χ1n) is 4.30. The van der Waals surface area contributed by atoms with Crippen LogP contribution in [0.3, 0.4) is 0 Å². The largest absolute Gasteiger partial charge is 0.432 e. The van der Waals surface area contributed by atoms with E-state index in [1.54, 1.807) is 4.90 Å². The molecule has 0 fully saturated rings. The van der Waals surface area contributed by atoms with E-state index in [2.05, 4.69) is 5.32 Å². The lowest BCUT2D eigenvalue weighted by Gasteiger charge is -2.14. The summed E-state index contributed by atoms with van der Waals surface area (Å²) < 4.78 is 5.40. The number of nitrogens with zero attached hydrogens (tertiary/aromatic N) is 1. The van der Waals surface area contributed by atoms with Crippen molar-refractivity contribution >= 4 is 23.1 Å². The molecule has 1 aromatic rings. The molecule has 0 amide bonds. The fourth-order valence-corrected chi connectivity index (χ4v) is 0.978. The van der Waals surface area contributed by atoms with E-state index in [0.29, 0.717) is 5.17 Å². The van der Waals surface area contributed by atoms with Gasteiger partial charge >= 0.3 is 0 Å². The molecule has 14 heavy (non-hydrogen) atoms. The number of benzene rings is 1. The number of anilines is 1. The molecule has 0 radical (unpaired) electrons. The maximum Gasteiger partial charge on any atom is 0.264 e. The number of rotatable bonds is 2. The van der Waals surface area contributed by atoms with Crippen LogP contribution in [-0.2, 0) is 0 Å². The molecule has 1 N–H and O–H groups in total. The van der Waals surface area contributed by atoms with Gasteiger partial charge in [0.1, 0.15) is 5.75 Å². The lowest BCUT2D eigenvalue weighted by molar-refractivity contribution is 0.449. The Bertz CT molecular complexity index is 308. The molecule has 4 heteroatoms. The van der Waals surface area contributed by atoms with Gasteiger partial charge in [-0.3, -0.25) is 0 Å². The van der Waals surface area contributed by atoms with Crippen LogP contribution in [0.2, 0.25) is 0 Å². The Morgan fingerprint density at radius 2 is 1.86 bits per heavy atom. The van der Waals surface area contributed by atoms with Crippen LogP contribution in [0, 0.1) is 0 Å². The standard InChI is InChI=1S/C10H14N2OS/c1-11-8-4-6-9(7-5-8)13-10(14)12(2)3/h4-7,11H,1-3H3. The van der Waals surface area contributed by atoms with E-state index in [1.807, 2.05) is 45.4 Å². The van der Waals surface area contributed by atoms with Crippen LogP contribution in [-0.4, -0.2) is 31.2 Å². The van der Waals surface area contributed by atoms with Crippen molar-refractivity contribution in [2.24, 2.45) is 0 Å². The molecule has 0 atom stereocenters. The highest BCUT2D eigenvalue weighted by Crippen LogP contribution is 2.15. The summed E-state index contributed by atoms with van der Waals surface area (Å²) in [5.74, 6) is 0.753. The molecular formula is C10H14N2OS. The summed E-state index contributed by atoms with van der Waals surface area (Å²) in [4.78, 5) is 1.75. The number of thiocarbonyl (C=S) groups is 1. The maximum atomic E-state index is 5.40. The molecule has 1 aromatic carbocycles. The Balaban J connectivity index is 2.64. The van der Waals surface area contributed by atoms with Crippen LogP contribution in [0.4, 0.5) is 5.69 Å². The third-order valence-electron chi connectivity index (χ3n) is 1.71. The summed E-state index contributed by atoms with van der Waals surface area (Å²) in [6, 6.07) is 7.63. The van der Waals surface area contributed by atoms with E-state index in [4.69, 9.17) is 17.0 Å². The van der Waals surface area contributed by atoms with Gasteiger partial charge in [0.25, 0.3) is 5.17 Å². The molecule has 0 heterocycles. The molecule has 3 nitrogen and oxygen atoms in total. The fraction of sp³-hybridized carbons (Fsp3) is 0.300. The SMILES string of the molecule is CNc1ccc(OC(=S)N(C)C)cc1. The van der Waals surface area contributed by atoms with Gasteiger partial charge in [0, 0.05) is 26.8 Å². The van der Waals surface area contributed by atoms with Crippen LogP contribution in [0.25, 0.3) is 0 Å². The molecule has 0 aromatic heterocycles. The molecule has 0 aliphatic rings. The quantitative estimate of drug-likeness (QED) is 0.754. The van der Waals surface area contributed by atoms with Crippen molar-refractivity contribution in [3.63, 3.8) is 0 Å². The summed E-state index contributed by atoms with van der Waals surface area (Å²) in [7, 11) is 5.58. The Morgan fingerprint density at radius 1 is 1.29 bits per heavy atom. The average molecular weight is 210 g/mol. The van der Waals surface area contributed by atoms with Gasteiger partial charge in [0.2, 0.25) is 0 Å². The summed E-state index contributed by atoms with van der Waals surface area (Å²) in [6.45, 7) is 0. The molecule has 0 aliphatic heterocycles. The number of hydrogen-bond acceptors (Lipinski definition) is 3. The van der Waals surface area contributed by atoms with Crippen molar-refractivity contribution in [1.82, 2.24) is 4.90 Å². The van der Waals surface area contributed by atoms with Crippen molar-refractivity contribution in [3.05, 3.63) is 24.3 Å². The molecule has 0 saturated carbocycles. The highest BCUT2D eigenvalue weighted by atomic mass is 32.1. The first-order valence-corrected chi connectivity index (χ1v) is 4.71. The van der Waals surface area contributed by atoms with Gasteiger partial charge in [0.15, 0.2) is 0 Å². The monoisotopic (exact) mass is 210 g/mol. The summed E-state index contributed by atoms with van der Waals surface area (Å²) >= 11 is 5.01. The van der Waals surface area contributed by atoms with Crippen LogP contribution in [0.5, 0.6) is 5.75 Å². The van der Waals surface area contributed by atoms with Crippen molar-refractivity contribution < 1.29 is 4.74 Å². The van der Waals surface area contributed by atoms with E-state index in [0.717, 1.165) is 11.4 Å². The third-order valence-corrected chi connectivity index (χ3v) is 2.16. The zero-order valence-corrected chi connectivity index (χ0v) is 9.39. The van der Waals surface area contributed by atoms with E-state index in [9.17, 15) is 0 Å². The lowest BCUT2D eigenvalue weighted by atomic mass is 10.3. The molecule has 1 rings (SSSR count). The van der Waals surface area contributed by atoms with Gasteiger partial charge in [-0.25, -0.2) is 0 Å². The molecular weight excluding hydrogens is 196 g/mol. The number of ether oxygens (including phenoxy) is 1. The number of hydrogen-bond donors (Lipinski definition) is 1. The smallest absolute Gasteiger partial charge is 0.264 e. The first kappa shape index (κ1) is 10.8. The molecule has 76 valence electrons. The normalized spacial score (nSPS) is 9.36. The van der Waals surface area contributed by atoms with Crippen LogP contribution >= 0.6 is 12.2 Å². The molecule has 0 saturated heterocycles. The number of nitrogens with one attached hydrogen (secondary N) is 1. The zero-order valence-electron chi connectivity index (χ0n) is 8.57. The Labute approximate surface area is 89.7 Å². The highest BCUT2D eigenvalue weighted by Gasteiger charge is 2.01. The minimum atomic E-state index is 0.460. The molecule has 0 spiro atoms. The van der Waals surface area contributed by atoms with E-state index in [-0.39, 0.29) is 0 Å². The van der Waals surface area contributed by atoms with E-state index in [1.165, 1.54) is 0 Å². The predicted molar refractivity (Wildman–Crippen MR) is 62.9 cm³/mol. The van der Waals surface area contributed by atoms with Crippen LogP contribution in [0.1, 0.15) is 0 Å². The van der Waals surface area contributed by atoms with Gasteiger partial charge in [-0.1, -0.05) is 0 Å². The lowest BCUT2D eigenvalue weighted by Crippen LogP contribution is -2.24. The Morgan fingerprint density at radius 3 is 2.29 bits per heavy atom. The first-order chi connectivity index (χ1) is 6.63. The van der Waals surface area contributed by atoms with Gasteiger partial charge in [-0.2, -0.15) is 0 Å². The van der Waals surface area contributed by atoms with E-state index < -0.39 is 0 Å². The Hall–Kier alpha value is -1.29. The summed E-state index contributed by atoms with van der Waals surface area (Å²) in [6.07, 6.45) is 0. The second-order valence-electron chi connectivity index (χ2n) is 3.04. The average Bonchev–Trinajstić information content (AvgIpc) is 2.19. The van der Waals surface area contributed by atoms with Crippen molar-refractivity contribution in [3.8, 4) is 5.75 Å². The van der Waals surface area contributed by atoms with Crippen LogP contribution < -0.4 is 10.1 Å². The third kappa shape index (κ3) is 2.88. The van der Waals surface area contributed by atoms with Crippen molar-refractivity contribution in [2.45, 2.75) is 0 Å². The second kappa shape index (κ2) is 4.81. The summed E-state index contributed by atoms with van der Waals surface area (Å²) in [5.41, 5.74) is 1.05. The maximum absolute atomic E-state index is 5.40. The van der Waals surface area contributed by atoms with Gasteiger partial charge in [0.05, 0.1) is 0 Å². The summed E-state index contributed by atoms with van der Waals surface area (Å²) in [5, 5.41) is 3.49. The highest BCUT2D eigenvalue weighted by molar-refractivity contribution is 7.80. The van der Waals surface area contributed by atoms with Crippen molar-refractivity contribution in [1.29, 1.82) is 0 Å². The fourth-order valence-electron chi connectivity index (χ4n) is 0.882. The molecule has 0 unspecified atom stereocenters. The van der Waals surface area contributed by atoms with Gasteiger partial charge in [-0.15, -0.1) is 0 Å². The molecule has 0 aliphatic carbocycles. The minimum Gasteiger partial charge on any atom is -0.432 e. The minimum absolute atomic E-state index is 0.460. The zero-order chi connectivity index (χ0) is 10.6. The van der Waals surface area contributed by atoms with E-state index >= 15 is 0 Å². The second-order valence-corrected chi connectivity index (χ2v) is 3.39.